The number of aromatic nitrogens is 4. The number of anilines is 2. The minimum atomic E-state index is 0.364. The van der Waals surface area contributed by atoms with E-state index >= 15 is 0 Å². The maximum atomic E-state index is 9.02. The van der Waals surface area contributed by atoms with Crippen LogP contribution in [0, 0.1) is 11.3 Å². The number of hydrogen-bond donors (Lipinski definition) is 1. The predicted molar refractivity (Wildman–Crippen MR) is 91.9 cm³/mol. The third-order valence-electron chi connectivity index (χ3n) is 4.61. The number of nitrogens with zero attached hydrogens (tertiary/aromatic N) is 6. The summed E-state index contributed by atoms with van der Waals surface area (Å²) in [7, 11) is 2.07. The summed E-state index contributed by atoms with van der Waals surface area (Å²) in [5, 5.41) is 10.1. The second-order valence-electron chi connectivity index (χ2n) is 5.95. The molecule has 1 fully saturated rings. The summed E-state index contributed by atoms with van der Waals surface area (Å²) < 4.78 is 0. The lowest BCUT2D eigenvalue weighted by molar-refractivity contribution is 0.692. The molecule has 7 nitrogen and oxygen atoms in total. The number of nitriles is 1. The second-order valence-corrected chi connectivity index (χ2v) is 5.95. The quantitative estimate of drug-likeness (QED) is 0.794. The number of aromatic amines is 1. The molecule has 1 aliphatic heterocycles. The molecule has 0 spiro atoms. The Morgan fingerprint density at radius 3 is 3.12 bits per heavy atom. The molecule has 1 saturated heterocycles. The first-order valence-electron chi connectivity index (χ1n) is 7.88. The molecule has 1 N–H and O–H groups in total. The molecule has 0 amide bonds. The lowest BCUT2D eigenvalue weighted by atomic mass is 10.2. The van der Waals surface area contributed by atoms with Gasteiger partial charge in [0.2, 0.25) is 0 Å². The normalized spacial score (nSPS) is 17.2. The van der Waals surface area contributed by atoms with Crippen LogP contribution in [0.5, 0.6) is 0 Å². The van der Waals surface area contributed by atoms with Crippen LogP contribution in [0.15, 0.2) is 36.9 Å². The van der Waals surface area contributed by atoms with E-state index in [1.807, 2.05) is 24.4 Å². The summed E-state index contributed by atoms with van der Waals surface area (Å²) in [5.74, 6) is 0.976. The van der Waals surface area contributed by atoms with Crippen molar-refractivity contribution in [2.45, 2.75) is 12.5 Å². The van der Waals surface area contributed by atoms with Crippen LogP contribution < -0.4 is 9.80 Å². The van der Waals surface area contributed by atoms with Crippen molar-refractivity contribution in [2.24, 2.45) is 0 Å². The fraction of sp³-hybridized carbons (Fsp3) is 0.294. The standard InChI is InChI=1S/C17H17N7/c1-23(13-2-5-19-12(8-13)9-18)14-4-7-24(10-14)17-15-3-6-20-16(15)21-11-22-17/h2-3,5-6,8,11,14H,4,7,10H2,1H3,(H,20,21,22). The highest BCUT2D eigenvalue weighted by molar-refractivity contribution is 5.87. The smallest absolute Gasteiger partial charge is 0.142 e. The summed E-state index contributed by atoms with van der Waals surface area (Å²) in [4.78, 5) is 20.4. The average molecular weight is 319 g/mol. The zero-order valence-corrected chi connectivity index (χ0v) is 13.3. The maximum absolute atomic E-state index is 9.02. The van der Waals surface area contributed by atoms with Crippen LogP contribution in [0.1, 0.15) is 12.1 Å². The van der Waals surface area contributed by atoms with E-state index in [1.165, 1.54) is 0 Å². The third kappa shape index (κ3) is 2.42. The molecule has 0 radical (unpaired) electrons. The van der Waals surface area contributed by atoms with Crippen molar-refractivity contribution in [2.75, 3.05) is 29.9 Å². The first kappa shape index (κ1) is 14.5. The van der Waals surface area contributed by atoms with Gasteiger partial charge < -0.3 is 14.8 Å². The monoisotopic (exact) mass is 319 g/mol. The minimum Gasteiger partial charge on any atom is -0.370 e. The SMILES string of the molecule is CN(c1ccnc(C#N)c1)C1CCN(c2ncnc3[nH]ccc23)C1. The van der Waals surface area contributed by atoms with Crippen molar-refractivity contribution in [3.63, 3.8) is 0 Å². The van der Waals surface area contributed by atoms with Crippen molar-refractivity contribution in [1.82, 2.24) is 19.9 Å². The van der Waals surface area contributed by atoms with Crippen LogP contribution in [0.2, 0.25) is 0 Å². The number of likely N-dealkylation sites (N-methyl/N-ethyl adjacent to an activating group) is 1. The Hall–Kier alpha value is -3.14. The van der Waals surface area contributed by atoms with Gasteiger partial charge in [0.25, 0.3) is 0 Å². The third-order valence-corrected chi connectivity index (χ3v) is 4.61. The Kier molecular flexibility index (Phi) is 3.50. The van der Waals surface area contributed by atoms with Gasteiger partial charge in [0.1, 0.15) is 29.6 Å². The predicted octanol–water partition coefficient (Wildman–Crippen LogP) is 1.94. The molecule has 0 bridgehead atoms. The van der Waals surface area contributed by atoms with Gasteiger partial charge in [-0.15, -0.1) is 0 Å². The summed E-state index contributed by atoms with van der Waals surface area (Å²) in [6, 6.07) is 8.25. The summed E-state index contributed by atoms with van der Waals surface area (Å²) >= 11 is 0. The van der Waals surface area contributed by atoms with E-state index in [2.05, 4.69) is 42.9 Å². The Morgan fingerprint density at radius 1 is 1.33 bits per heavy atom. The highest BCUT2D eigenvalue weighted by Gasteiger charge is 2.28. The van der Waals surface area contributed by atoms with Gasteiger partial charge in [-0.1, -0.05) is 0 Å². The van der Waals surface area contributed by atoms with Gasteiger partial charge in [-0.3, -0.25) is 0 Å². The Balaban J connectivity index is 1.56. The molecule has 1 aliphatic rings. The van der Waals surface area contributed by atoms with E-state index in [-0.39, 0.29) is 0 Å². The summed E-state index contributed by atoms with van der Waals surface area (Å²) in [5.41, 5.74) is 2.33. The summed E-state index contributed by atoms with van der Waals surface area (Å²) in [6.45, 7) is 1.83. The van der Waals surface area contributed by atoms with E-state index in [0.717, 1.165) is 42.0 Å². The molecular formula is C17H17N7. The van der Waals surface area contributed by atoms with Gasteiger partial charge in [-0.2, -0.15) is 5.26 Å². The Morgan fingerprint density at radius 2 is 2.25 bits per heavy atom. The average Bonchev–Trinajstić information content (AvgIpc) is 3.30. The van der Waals surface area contributed by atoms with Gasteiger partial charge in [0, 0.05) is 44.3 Å². The molecule has 3 aromatic heterocycles. The number of hydrogen-bond acceptors (Lipinski definition) is 6. The fourth-order valence-electron chi connectivity index (χ4n) is 3.27. The van der Waals surface area contributed by atoms with Crippen molar-refractivity contribution in [3.05, 3.63) is 42.6 Å². The molecule has 4 heterocycles. The fourth-order valence-corrected chi connectivity index (χ4v) is 3.27. The van der Waals surface area contributed by atoms with E-state index < -0.39 is 0 Å². The van der Waals surface area contributed by atoms with Crippen LogP contribution in [0.3, 0.4) is 0 Å². The van der Waals surface area contributed by atoms with E-state index in [0.29, 0.717) is 11.7 Å². The zero-order valence-electron chi connectivity index (χ0n) is 13.3. The van der Waals surface area contributed by atoms with Gasteiger partial charge in [-0.05, 0) is 24.6 Å². The maximum Gasteiger partial charge on any atom is 0.142 e. The van der Waals surface area contributed by atoms with Gasteiger partial charge in [0.05, 0.1) is 5.39 Å². The number of H-pyrrole nitrogens is 1. The molecular weight excluding hydrogens is 302 g/mol. The van der Waals surface area contributed by atoms with Crippen LogP contribution >= 0.6 is 0 Å². The van der Waals surface area contributed by atoms with Crippen molar-refractivity contribution in [1.29, 1.82) is 5.26 Å². The largest absolute Gasteiger partial charge is 0.370 e. The number of pyridine rings is 1. The van der Waals surface area contributed by atoms with Gasteiger partial charge in [0.15, 0.2) is 0 Å². The zero-order chi connectivity index (χ0) is 16.5. The molecule has 1 atom stereocenters. The molecule has 1 unspecified atom stereocenters. The molecule has 0 aliphatic carbocycles. The van der Waals surface area contributed by atoms with E-state index in [1.54, 1.807) is 12.5 Å². The highest BCUT2D eigenvalue weighted by Crippen LogP contribution is 2.28. The van der Waals surface area contributed by atoms with Crippen molar-refractivity contribution >= 4 is 22.5 Å². The lowest BCUT2D eigenvalue weighted by Gasteiger charge is -2.27. The first-order valence-corrected chi connectivity index (χ1v) is 7.88. The minimum absolute atomic E-state index is 0.364. The molecule has 4 rings (SSSR count). The van der Waals surface area contributed by atoms with Crippen LogP contribution in [-0.2, 0) is 0 Å². The Bertz CT molecular complexity index is 910. The molecule has 24 heavy (non-hydrogen) atoms. The molecule has 0 aromatic carbocycles. The molecule has 0 saturated carbocycles. The van der Waals surface area contributed by atoms with Crippen LogP contribution in [0.4, 0.5) is 11.5 Å². The molecule has 120 valence electrons. The molecule has 7 heteroatoms. The first-order chi connectivity index (χ1) is 11.8. The number of rotatable bonds is 3. The highest BCUT2D eigenvalue weighted by atomic mass is 15.3. The Labute approximate surface area is 139 Å². The van der Waals surface area contributed by atoms with Crippen LogP contribution in [-0.4, -0.2) is 46.1 Å². The van der Waals surface area contributed by atoms with Crippen LogP contribution in [0.25, 0.3) is 11.0 Å². The van der Waals surface area contributed by atoms with E-state index in [4.69, 9.17) is 5.26 Å². The summed E-state index contributed by atoms with van der Waals surface area (Å²) in [6.07, 6.45) is 6.22. The van der Waals surface area contributed by atoms with Crippen molar-refractivity contribution < 1.29 is 0 Å². The van der Waals surface area contributed by atoms with Crippen molar-refractivity contribution in [3.8, 4) is 6.07 Å². The lowest BCUT2D eigenvalue weighted by Crippen LogP contribution is -2.34. The van der Waals surface area contributed by atoms with Gasteiger partial charge in [-0.25, -0.2) is 15.0 Å². The second kappa shape index (κ2) is 5.81. The topological polar surface area (TPSA) is 84.7 Å². The number of fused-ring (bicyclic) bond motifs is 1. The molecule has 3 aromatic rings. The van der Waals surface area contributed by atoms with Gasteiger partial charge >= 0.3 is 0 Å². The number of nitrogens with one attached hydrogen (secondary N) is 1. The van der Waals surface area contributed by atoms with E-state index in [9.17, 15) is 0 Å².